The van der Waals surface area contributed by atoms with Gasteiger partial charge < -0.3 is 14.5 Å². The van der Waals surface area contributed by atoms with Crippen LogP contribution in [0.4, 0.5) is 0 Å². The fraction of sp³-hybridized carbons (Fsp3) is 0.320. The third kappa shape index (κ3) is 5.37. The molecule has 1 aliphatic carbocycles. The van der Waals surface area contributed by atoms with Gasteiger partial charge >= 0.3 is 5.97 Å². The van der Waals surface area contributed by atoms with Crippen LogP contribution in [0.3, 0.4) is 0 Å². The molecular formula is C25H26N4O5S. The summed E-state index contributed by atoms with van der Waals surface area (Å²) >= 11 is 0. The number of carbonyl (C=O) groups excluding carboxylic acids is 1. The minimum atomic E-state index is -3.83. The van der Waals surface area contributed by atoms with Crippen LogP contribution in [0.15, 0.2) is 42.6 Å². The molecule has 0 unspecified atom stereocenters. The standard InChI is InChI=1S/C25H26N4O5S/c1-15(2)34-23-10-7-16(11-17(23)12-26)25-27-13-22(28-25)20-6-4-5-19-18(20)8-9-21(19)29-35(31,32)14-24(30)33-3/h4-7,10-11,13,15,21,29H,8-9,14H2,1-3H3,(H,27,28)/t21-/m0/s1. The maximum absolute atomic E-state index is 12.4. The van der Waals surface area contributed by atoms with E-state index in [4.69, 9.17) is 4.74 Å². The summed E-state index contributed by atoms with van der Waals surface area (Å²) in [5.74, 6) is -0.388. The van der Waals surface area contributed by atoms with Crippen molar-refractivity contribution in [3.63, 3.8) is 0 Å². The molecule has 9 nitrogen and oxygen atoms in total. The van der Waals surface area contributed by atoms with Crippen molar-refractivity contribution in [2.24, 2.45) is 0 Å². The molecule has 0 saturated heterocycles. The molecule has 0 saturated carbocycles. The highest BCUT2D eigenvalue weighted by atomic mass is 32.2. The Morgan fingerprint density at radius 2 is 2.11 bits per heavy atom. The van der Waals surface area contributed by atoms with E-state index >= 15 is 0 Å². The fourth-order valence-electron chi connectivity index (χ4n) is 4.23. The van der Waals surface area contributed by atoms with Gasteiger partial charge in [-0.15, -0.1) is 0 Å². The highest BCUT2D eigenvalue weighted by Gasteiger charge is 2.30. The highest BCUT2D eigenvalue weighted by Crippen LogP contribution is 2.38. The number of H-pyrrole nitrogens is 1. The summed E-state index contributed by atoms with van der Waals surface area (Å²) in [7, 11) is -2.67. The molecule has 35 heavy (non-hydrogen) atoms. The Hall–Kier alpha value is -3.68. The van der Waals surface area contributed by atoms with Crippen molar-refractivity contribution >= 4 is 16.0 Å². The zero-order valence-corrected chi connectivity index (χ0v) is 20.5. The number of nitrogens with zero attached hydrogens (tertiary/aromatic N) is 2. The van der Waals surface area contributed by atoms with Gasteiger partial charge in [-0.25, -0.2) is 18.1 Å². The molecule has 10 heteroatoms. The number of imidazole rings is 1. The predicted molar refractivity (Wildman–Crippen MR) is 130 cm³/mol. The van der Waals surface area contributed by atoms with Crippen molar-refractivity contribution in [3.05, 3.63) is 59.3 Å². The second-order valence-electron chi connectivity index (χ2n) is 8.55. The quantitative estimate of drug-likeness (QED) is 0.458. The van der Waals surface area contributed by atoms with Crippen molar-refractivity contribution in [1.29, 1.82) is 5.26 Å². The molecule has 0 amide bonds. The van der Waals surface area contributed by atoms with Gasteiger partial charge in [-0.1, -0.05) is 18.2 Å². The molecule has 0 radical (unpaired) electrons. The summed E-state index contributed by atoms with van der Waals surface area (Å²) in [5.41, 5.74) is 4.79. The Kier molecular flexibility index (Phi) is 6.91. The lowest BCUT2D eigenvalue weighted by Gasteiger charge is -2.14. The second-order valence-corrected chi connectivity index (χ2v) is 10.3. The van der Waals surface area contributed by atoms with E-state index in [1.807, 2.05) is 38.1 Å². The topological polar surface area (TPSA) is 134 Å². The monoisotopic (exact) mass is 494 g/mol. The van der Waals surface area contributed by atoms with Crippen LogP contribution in [0.2, 0.25) is 0 Å². The summed E-state index contributed by atoms with van der Waals surface area (Å²) in [6.07, 6.45) is 2.93. The van der Waals surface area contributed by atoms with Crippen LogP contribution in [0.5, 0.6) is 5.75 Å². The number of rotatable bonds is 8. The summed E-state index contributed by atoms with van der Waals surface area (Å²) in [6, 6.07) is 12.8. The van der Waals surface area contributed by atoms with Gasteiger partial charge in [0, 0.05) is 17.2 Å². The van der Waals surface area contributed by atoms with Gasteiger partial charge in [0.05, 0.1) is 30.7 Å². The van der Waals surface area contributed by atoms with Crippen LogP contribution in [0.1, 0.15) is 43.0 Å². The van der Waals surface area contributed by atoms with E-state index in [-0.39, 0.29) is 6.10 Å². The zero-order chi connectivity index (χ0) is 25.2. The van der Waals surface area contributed by atoms with Crippen LogP contribution in [-0.4, -0.2) is 43.3 Å². The van der Waals surface area contributed by atoms with Crippen molar-refractivity contribution in [1.82, 2.24) is 14.7 Å². The van der Waals surface area contributed by atoms with Crippen molar-refractivity contribution in [2.75, 3.05) is 12.9 Å². The normalized spacial score (nSPS) is 15.0. The van der Waals surface area contributed by atoms with Gasteiger partial charge in [-0.05, 0) is 56.0 Å². The number of nitriles is 1. The number of methoxy groups -OCH3 is 1. The molecule has 182 valence electrons. The van der Waals surface area contributed by atoms with E-state index in [0.717, 1.165) is 35.1 Å². The van der Waals surface area contributed by atoms with Crippen LogP contribution in [0, 0.1) is 11.3 Å². The number of benzene rings is 2. The molecule has 0 aliphatic heterocycles. The Morgan fingerprint density at radius 1 is 1.31 bits per heavy atom. The number of hydrogen-bond donors (Lipinski definition) is 2. The maximum Gasteiger partial charge on any atom is 0.322 e. The van der Waals surface area contributed by atoms with Gasteiger partial charge in [-0.2, -0.15) is 5.26 Å². The first kappa shape index (κ1) is 24.4. The Bertz CT molecular complexity index is 1410. The molecule has 0 spiro atoms. The summed E-state index contributed by atoms with van der Waals surface area (Å²) < 4.78 is 37.5. The summed E-state index contributed by atoms with van der Waals surface area (Å²) in [4.78, 5) is 19.3. The lowest BCUT2D eigenvalue weighted by molar-refractivity contribution is -0.137. The molecule has 2 aromatic carbocycles. The Labute approximate surface area is 204 Å². The number of aromatic amines is 1. The first-order chi connectivity index (χ1) is 16.7. The van der Waals surface area contributed by atoms with Gasteiger partial charge in [-0.3, -0.25) is 4.79 Å². The smallest absolute Gasteiger partial charge is 0.322 e. The average Bonchev–Trinajstić information content (AvgIpc) is 3.46. The fourth-order valence-corrected chi connectivity index (χ4v) is 5.42. The largest absolute Gasteiger partial charge is 0.490 e. The second kappa shape index (κ2) is 9.90. The lowest BCUT2D eigenvalue weighted by atomic mass is 10.0. The number of aromatic nitrogens is 2. The molecular weight excluding hydrogens is 468 g/mol. The van der Waals surface area contributed by atoms with E-state index < -0.39 is 27.8 Å². The molecule has 1 aliphatic rings. The lowest BCUT2D eigenvalue weighted by Crippen LogP contribution is -2.33. The van der Waals surface area contributed by atoms with Crippen LogP contribution in [-0.2, 0) is 26.0 Å². The molecule has 2 N–H and O–H groups in total. The summed E-state index contributed by atoms with van der Waals surface area (Å²) in [6.45, 7) is 3.81. The molecule has 1 heterocycles. The minimum Gasteiger partial charge on any atom is -0.490 e. The van der Waals surface area contributed by atoms with E-state index in [0.29, 0.717) is 30.0 Å². The third-order valence-corrected chi connectivity index (χ3v) is 6.99. The molecule has 1 aromatic heterocycles. The molecule has 4 rings (SSSR count). The van der Waals surface area contributed by atoms with E-state index in [2.05, 4.69) is 25.5 Å². The van der Waals surface area contributed by atoms with Gasteiger partial charge in [0.2, 0.25) is 10.0 Å². The SMILES string of the molecule is COC(=O)CS(=O)(=O)N[C@H]1CCc2c(-c3cnc(-c4ccc(OC(C)C)c(C#N)c4)[nH]3)cccc21. The van der Waals surface area contributed by atoms with Crippen LogP contribution < -0.4 is 9.46 Å². The molecule has 0 fully saturated rings. The predicted octanol–water partition coefficient (Wildman–Crippen LogP) is 3.48. The minimum absolute atomic E-state index is 0.0443. The number of esters is 1. The Morgan fingerprint density at radius 3 is 2.83 bits per heavy atom. The number of sulfonamides is 1. The Balaban J connectivity index is 1.60. The average molecular weight is 495 g/mol. The maximum atomic E-state index is 12.4. The van der Waals surface area contributed by atoms with Gasteiger partial charge in [0.15, 0.2) is 5.75 Å². The summed E-state index contributed by atoms with van der Waals surface area (Å²) in [5, 5.41) is 9.52. The van der Waals surface area contributed by atoms with E-state index in [9.17, 15) is 18.5 Å². The molecule has 3 aromatic rings. The van der Waals surface area contributed by atoms with Gasteiger partial charge in [0.1, 0.15) is 17.6 Å². The number of carbonyl (C=O) groups is 1. The van der Waals surface area contributed by atoms with E-state index in [1.54, 1.807) is 18.3 Å². The van der Waals surface area contributed by atoms with Crippen molar-refractivity contribution in [2.45, 2.75) is 38.8 Å². The van der Waals surface area contributed by atoms with Crippen molar-refractivity contribution < 1.29 is 22.7 Å². The van der Waals surface area contributed by atoms with Crippen LogP contribution in [0.25, 0.3) is 22.6 Å². The van der Waals surface area contributed by atoms with Crippen LogP contribution >= 0.6 is 0 Å². The number of fused-ring (bicyclic) bond motifs is 1. The third-order valence-electron chi connectivity index (χ3n) is 5.73. The zero-order valence-electron chi connectivity index (χ0n) is 19.7. The first-order valence-electron chi connectivity index (χ1n) is 11.2. The number of nitrogens with one attached hydrogen (secondary N) is 2. The highest BCUT2D eigenvalue weighted by molar-refractivity contribution is 7.90. The van der Waals surface area contributed by atoms with E-state index in [1.165, 1.54) is 0 Å². The molecule has 0 bridgehead atoms. The van der Waals surface area contributed by atoms with Crippen molar-refractivity contribution in [3.8, 4) is 34.5 Å². The number of ether oxygens (including phenoxy) is 2. The van der Waals surface area contributed by atoms with Gasteiger partial charge in [0.25, 0.3) is 0 Å². The molecule has 1 atom stereocenters. The first-order valence-corrected chi connectivity index (χ1v) is 12.8. The number of hydrogen-bond acceptors (Lipinski definition) is 7.